The minimum Gasteiger partial charge on any atom is -0.444 e. The van der Waals surface area contributed by atoms with Crippen molar-refractivity contribution in [1.82, 2.24) is 15.3 Å². The van der Waals surface area contributed by atoms with Crippen molar-refractivity contribution in [3.05, 3.63) is 95.6 Å². The van der Waals surface area contributed by atoms with Gasteiger partial charge in [0, 0.05) is 29.5 Å². The molecule has 0 saturated carbocycles. The quantitative estimate of drug-likeness (QED) is 0.496. The molecule has 0 aliphatic heterocycles. The Labute approximate surface area is 173 Å². The molecule has 1 N–H and O–H groups in total. The molecule has 0 bridgehead atoms. The van der Waals surface area contributed by atoms with Gasteiger partial charge in [0.15, 0.2) is 0 Å². The van der Waals surface area contributed by atoms with E-state index >= 15 is 0 Å². The standard InChI is InChI=1S/C23H18ClN3O2/c24-20-9-7-18(8-10-20)23-27-21(15-29-23)12-22(28)26-13-16-3-5-17(6-4-16)19-2-1-11-25-14-19/h1-11,14-15H,12-13H2,(H,26,28). The molecule has 1 amide bonds. The first kappa shape index (κ1) is 18.9. The SMILES string of the molecule is O=C(Cc1coc(-c2ccc(Cl)cc2)n1)NCc1ccc(-c2cccnc2)cc1. The molecule has 4 rings (SSSR count). The summed E-state index contributed by atoms with van der Waals surface area (Å²) >= 11 is 5.89. The van der Waals surface area contributed by atoms with E-state index < -0.39 is 0 Å². The van der Waals surface area contributed by atoms with Crippen molar-refractivity contribution in [1.29, 1.82) is 0 Å². The van der Waals surface area contributed by atoms with Gasteiger partial charge in [0.2, 0.25) is 11.8 Å². The first-order chi connectivity index (χ1) is 14.2. The zero-order valence-electron chi connectivity index (χ0n) is 15.5. The lowest BCUT2D eigenvalue weighted by molar-refractivity contribution is -0.120. The first-order valence-corrected chi connectivity index (χ1v) is 9.51. The Hall–Kier alpha value is -3.44. The third kappa shape index (κ3) is 4.89. The van der Waals surface area contributed by atoms with Gasteiger partial charge in [-0.15, -0.1) is 0 Å². The van der Waals surface area contributed by atoms with Crippen molar-refractivity contribution >= 4 is 17.5 Å². The number of pyridine rings is 1. The van der Waals surface area contributed by atoms with E-state index in [9.17, 15) is 4.79 Å². The number of nitrogens with one attached hydrogen (secondary N) is 1. The van der Waals surface area contributed by atoms with E-state index in [1.54, 1.807) is 18.3 Å². The van der Waals surface area contributed by atoms with Gasteiger partial charge < -0.3 is 9.73 Å². The fourth-order valence-electron chi connectivity index (χ4n) is 2.89. The van der Waals surface area contributed by atoms with E-state index in [2.05, 4.69) is 15.3 Å². The van der Waals surface area contributed by atoms with E-state index in [4.69, 9.17) is 16.0 Å². The van der Waals surface area contributed by atoms with Crippen LogP contribution in [0.15, 0.2) is 83.7 Å². The Balaban J connectivity index is 1.32. The van der Waals surface area contributed by atoms with Crippen LogP contribution in [0.5, 0.6) is 0 Å². The maximum Gasteiger partial charge on any atom is 0.226 e. The van der Waals surface area contributed by atoms with Crippen LogP contribution in [-0.2, 0) is 17.8 Å². The largest absolute Gasteiger partial charge is 0.444 e. The molecular formula is C23H18ClN3O2. The molecule has 0 radical (unpaired) electrons. The molecule has 2 aromatic heterocycles. The van der Waals surface area contributed by atoms with Crippen LogP contribution in [0, 0.1) is 0 Å². The van der Waals surface area contributed by atoms with Gasteiger partial charge in [0.05, 0.1) is 12.1 Å². The fourth-order valence-corrected chi connectivity index (χ4v) is 3.02. The zero-order chi connectivity index (χ0) is 20.1. The summed E-state index contributed by atoms with van der Waals surface area (Å²) < 4.78 is 5.47. The van der Waals surface area contributed by atoms with Crippen LogP contribution < -0.4 is 5.32 Å². The summed E-state index contributed by atoms with van der Waals surface area (Å²) in [5.74, 6) is 0.354. The van der Waals surface area contributed by atoms with Crippen LogP contribution >= 0.6 is 11.6 Å². The smallest absolute Gasteiger partial charge is 0.226 e. The molecule has 0 spiro atoms. The lowest BCUT2D eigenvalue weighted by Crippen LogP contribution is -2.24. The summed E-state index contributed by atoms with van der Waals surface area (Å²) in [7, 11) is 0. The highest BCUT2D eigenvalue weighted by atomic mass is 35.5. The summed E-state index contributed by atoms with van der Waals surface area (Å²) in [5.41, 5.74) is 4.57. The fraction of sp³-hybridized carbons (Fsp3) is 0.0870. The number of carbonyl (C=O) groups is 1. The second kappa shape index (κ2) is 8.71. The van der Waals surface area contributed by atoms with Gasteiger partial charge in [-0.1, -0.05) is 41.9 Å². The van der Waals surface area contributed by atoms with Crippen LogP contribution in [0.2, 0.25) is 5.02 Å². The molecule has 2 aromatic carbocycles. The number of rotatable bonds is 6. The molecular weight excluding hydrogens is 386 g/mol. The minimum atomic E-state index is -0.114. The zero-order valence-corrected chi connectivity index (χ0v) is 16.3. The van der Waals surface area contributed by atoms with E-state index in [0.717, 1.165) is 22.3 Å². The van der Waals surface area contributed by atoms with Crippen molar-refractivity contribution in [2.45, 2.75) is 13.0 Å². The van der Waals surface area contributed by atoms with Crippen molar-refractivity contribution < 1.29 is 9.21 Å². The number of amides is 1. The average molecular weight is 404 g/mol. The Kier molecular flexibility index (Phi) is 5.68. The maximum absolute atomic E-state index is 12.2. The molecule has 0 unspecified atom stereocenters. The van der Waals surface area contributed by atoms with Crippen LogP contribution in [0.1, 0.15) is 11.3 Å². The molecule has 4 aromatic rings. The number of nitrogens with zero attached hydrogens (tertiary/aromatic N) is 2. The molecule has 0 atom stereocenters. The summed E-state index contributed by atoms with van der Waals surface area (Å²) in [6.07, 6.45) is 5.24. The van der Waals surface area contributed by atoms with Crippen LogP contribution in [0.4, 0.5) is 0 Å². The maximum atomic E-state index is 12.2. The number of hydrogen-bond acceptors (Lipinski definition) is 4. The predicted octanol–water partition coefficient (Wildman–Crippen LogP) is 4.92. The Morgan fingerprint density at radius 3 is 2.45 bits per heavy atom. The first-order valence-electron chi connectivity index (χ1n) is 9.14. The van der Waals surface area contributed by atoms with Gasteiger partial charge in [0.25, 0.3) is 0 Å². The molecule has 0 aliphatic rings. The van der Waals surface area contributed by atoms with Gasteiger partial charge in [-0.3, -0.25) is 9.78 Å². The monoisotopic (exact) mass is 403 g/mol. The molecule has 0 saturated heterocycles. The summed E-state index contributed by atoms with van der Waals surface area (Å²) in [6, 6.07) is 19.2. The highest BCUT2D eigenvalue weighted by Gasteiger charge is 2.10. The second-order valence-electron chi connectivity index (χ2n) is 6.54. The molecule has 2 heterocycles. The number of carbonyl (C=O) groups excluding carboxylic acids is 1. The lowest BCUT2D eigenvalue weighted by Gasteiger charge is -2.06. The molecule has 29 heavy (non-hydrogen) atoms. The number of aromatic nitrogens is 2. The van der Waals surface area contributed by atoms with Crippen LogP contribution in [0.3, 0.4) is 0 Å². The summed E-state index contributed by atoms with van der Waals surface area (Å²) in [6.45, 7) is 0.452. The molecule has 0 aliphatic carbocycles. The minimum absolute atomic E-state index is 0.114. The number of oxazole rings is 1. The molecule has 5 nitrogen and oxygen atoms in total. The Morgan fingerprint density at radius 2 is 1.72 bits per heavy atom. The highest BCUT2D eigenvalue weighted by Crippen LogP contribution is 2.21. The van der Waals surface area contributed by atoms with Gasteiger partial charge in [-0.25, -0.2) is 4.98 Å². The Bertz CT molecular complexity index is 1090. The summed E-state index contributed by atoms with van der Waals surface area (Å²) in [5, 5.41) is 3.56. The third-order valence-corrected chi connectivity index (χ3v) is 4.68. The van der Waals surface area contributed by atoms with E-state index in [0.29, 0.717) is 23.2 Å². The van der Waals surface area contributed by atoms with Crippen molar-refractivity contribution in [3.8, 4) is 22.6 Å². The summed E-state index contributed by atoms with van der Waals surface area (Å²) in [4.78, 5) is 20.8. The third-order valence-electron chi connectivity index (χ3n) is 4.42. The van der Waals surface area contributed by atoms with Crippen molar-refractivity contribution in [2.75, 3.05) is 0 Å². The van der Waals surface area contributed by atoms with Gasteiger partial charge in [-0.05, 0) is 47.0 Å². The average Bonchev–Trinajstić information content (AvgIpc) is 3.22. The molecule has 144 valence electrons. The van der Waals surface area contributed by atoms with Gasteiger partial charge >= 0.3 is 0 Å². The molecule has 6 heteroatoms. The number of halogens is 1. The van der Waals surface area contributed by atoms with E-state index in [1.807, 2.05) is 54.7 Å². The van der Waals surface area contributed by atoms with E-state index in [-0.39, 0.29) is 12.3 Å². The second-order valence-corrected chi connectivity index (χ2v) is 6.98. The normalized spacial score (nSPS) is 10.7. The lowest BCUT2D eigenvalue weighted by atomic mass is 10.1. The van der Waals surface area contributed by atoms with Gasteiger partial charge in [-0.2, -0.15) is 0 Å². The highest BCUT2D eigenvalue weighted by molar-refractivity contribution is 6.30. The topological polar surface area (TPSA) is 68.0 Å². The number of benzene rings is 2. The number of hydrogen-bond donors (Lipinski definition) is 1. The van der Waals surface area contributed by atoms with Crippen LogP contribution in [0.25, 0.3) is 22.6 Å². The molecule has 0 fully saturated rings. The van der Waals surface area contributed by atoms with Crippen LogP contribution in [-0.4, -0.2) is 15.9 Å². The predicted molar refractivity (Wildman–Crippen MR) is 112 cm³/mol. The van der Waals surface area contributed by atoms with Crippen molar-refractivity contribution in [2.24, 2.45) is 0 Å². The van der Waals surface area contributed by atoms with Crippen molar-refractivity contribution in [3.63, 3.8) is 0 Å². The van der Waals surface area contributed by atoms with E-state index in [1.165, 1.54) is 6.26 Å². The van der Waals surface area contributed by atoms with Gasteiger partial charge in [0.1, 0.15) is 6.26 Å². The Morgan fingerprint density at radius 1 is 0.966 bits per heavy atom.